The largest absolute Gasteiger partial charge is 0.310 e. The third-order valence-corrected chi connectivity index (χ3v) is 16.5. The Balaban J connectivity index is 1.06. The Labute approximate surface area is 403 Å². The molecule has 3 heteroatoms. The molecule has 0 bridgehead atoms. The second kappa shape index (κ2) is 16.7. The average Bonchev–Trinajstić information content (AvgIpc) is 3.96. The van der Waals surface area contributed by atoms with Crippen molar-refractivity contribution < 1.29 is 0 Å². The maximum absolute atomic E-state index is 2.59. The number of hydrogen-bond donors (Lipinski definition) is 0. The summed E-state index contributed by atoms with van der Waals surface area (Å²) in [5.74, 6) is 0.843. The van der Waals surface area contributed by atoms with Gasteiger partial charge in [-0.2, -0.15) is 0 Å². The lowest BCUT2D eigenvalue weighted by Gasteiger charge is -2.46. The fourth-order valence-electron chi connectivity index (χ4n) is 12.4. The molecule has 328 valence electrons. The van der Waals surface area contributed by atoms with Crippen LogP contribution in [0.4, 0.5) is 17.1 Å². The normalized spacial score (nSPS) is 18.3. The Morgan fingerprint density at radius 1 is 0.544 bits per heavy atom. The molecule has 2 unspecified atom stereocenters. The SMILES string of the molecule is CC1(c2ccccc2N(c2cccc(-c3cccc4sc5ccccc5c34)c2)c2ccccc2-c2cccc3c2c2ccccc2n3-c2ccccc2)C=CC=C2C=CC=C(C3CCCCC3)C21. The second-order valence-electron chi connectivity index (χ2n) is 19.2. The highest BCUT2D eigenvalue weighted by atomic mass is 32.1. The summed E-state index contributed by atoms with van der Waals surface area (Å²) < 4.78 is 5.06. The van der Waals surface area contributed by atoms with Crippen molar-refractivity contribution in [1.82, 2.24) is 4.57 Å². The van der Waals surface area contributed by atoms with Crippen LogP contribution in [-0.4, -0.2) is 4.57 Å². The van der Waals surface area contributed by atoms with Gasteiger partial charge in [-0.05, 0) is 107 Å². The van der Waals surface area contributed by atoms with E-state index in [2.05, 4.69) is 241 Å². The Kier molecular flexibility index (Phi) is 10.0. The summed E-state index contributed by atoms with van der Waals surface area (Å²) in [6, 6.07) is 70.1. The Morgan fingerprint density at radius 2 is 1.24 bits per heavy atom. The first-order valence-corrected chi connectivity index (χ1v) is 25.3. The Morgan fingerprint density at radius 3 is 2.13 bits per heavy atom. The molecule has 1 saturated carbocycles. The lowest BCUT2D eigenvalue weighted by Crippen LogP contribution is -2.38. The lowest BCUT2D eigenvalue weighted by molar-refractivity contribution is 0.346. The summed E-state index contributed by atoms with van der Waals surface area (Å²) in [6.45, 7) is 2.51. The van der Waals surface area contributed by atoms with Gasteiger partial charge in [0.15, 0.2) is 0 Å². The van der Waals surface area contributed by atoms with Gasteiger partial charge >= 0.3 is 0 Å². The summed E-state index contributed by atoms with van der Waals surface area (Å²) >= 11 is 1.88. The molecule has 0 N–H and O–H groups in total. The first kappa shape index (κ1) is 40.8. The second-order valence-corrected chi connectivity index (χ2v) is 20.3. The summed E-state index contributed by atoms with van der Waals surface area (Å²) in [6.07, 6.45) is 20.9. The molecule has 3 aliphatic carbocycles. The van der Waals surface area contributed by atoms with Gasteiger partial charge in [0, 0.05) is 59.2 Å². The van der Waals surface area contributed by atoms with Crippen molar-refractivity contribution >= 4 is 70.4 Å². The van der Waals surface area contributed by atoms with Gasteiger partial charge in [0.2, 0.25) is 0 Å². The van der Waals surface area contributed by atoms with E-state index in [4.69, 9.17) is 0 Å². The molecule has 68 heavy (non-hydrogen) atoms. The van der Waals surface area contributed by atoms with Crippen molar-refractivity contribution in [1.29, 1.82) is 0 Å². The van der Waals surface area contributed by atoms with Crippen LogP contribution in [0.5, 0.6) is 0 Å². The standard InChI is InChI=1S/C65H52N2S/c1-65(42-20-25-45-23-17-33-50(64(45)65)44-21-4-2-5-22-44)55-35-11-14-38-58(55)67(48-28-16-24-46(43-48)49-32-19-41-61-63(49)54-31-10-15-40-60(54)68-61)56-36-12-8-29-51(56)52-34-18-39-59-62(52)53-30-9-13-37-57(53)66(59)47-26-6-3-7-27-47/h3,6-20,23-44,64H,2,4-5,21-22H2,1H3. The van der Waals surface area contributed by atoms with Crippen molar-refractivity contribution in [2.75, 3.05) is 4.90 Å². The van der Waals surface area contributed by atoms with Gasteiger partial charge in [-0.25, -0.2) is 0 Å². The smallest absolute Gasteiger partial charge is 0.0547 e. The summed E-state index contributed by atoms with van der Waals surface area (Å²) in [5, 5.41) is 5.14. The molecule has 3 aliphatic rings. The first-order chi connectivity index (χ1) is 33.6. The van der Waals surface area contributed by atoms with Crippen LogP contribution in [0.15, 0.2) is 236 Å². The van der Waals surface area contributed by atoms with Gasteiger partial charge < -0.3 is 9.47 Å². The van der Waals surface area contributed by atoms with E-state index in [1.165, 1.54) is 113 Å². The van der Waals surface area contributed by atoms with Crippen LogP contribution < -0.4 is 4.90 Å². The van der Waals surface area contributed by atoms with E-state index in [0.29, 0.717) is 5.92 Å². The lowest BCUT2D eigenvalue weighted by atomic mass is 9.59. The maximum Gasteiger partial charge on any atom is 0.0547 e. The van der Waals surface area contributed by atoms with Crippen molar-refractivity contribution in [3.8, 4) is 27.9 Å². The van der Waals surface area contributed by atoms with Gasteiger partial charge in [0.05, 0.1) is 22.4 Å². The highest BCUT2D eigenvalue weighted by Gasteiger charge is 2.44. The van der Waals surface area contributed by atoms with E-state index in [1.54, 1.807) is 5.57 Å². The quantitative estimate of drug-likeness (QED) is 0.148. The number of thiophene rings is 1. The van der Waals surface area contributed by atoms with Gasteiger partial charge in [-0.15, -0.1) is 11.3 Å². The van der Waals surface area contributed by atoms with Gasteiger partial charge in [-0.3, -0.25) is 0 Å². The minimum absolute atomic E-state index is 0.243. The van der Waals surface area contributed by atoms with E-state index >= 15 is 0 Å². The molecule has 1 fully saturated rings. The predicted octanol–water partition coefficient (Wildman–Crippen LogP) is 18.4. The number of para-hydroxylation sites is 4. The fourth-order valence-corrected chi connectivity index (χ4v) is 13.5. The zero-order valence-corrected chi connectivity index (χ0v) is 39.2. The summed E-state index contributed by atoms with van der Waals surface area (Å²) in [4.78, 5) is 2.59. The fraction of sp³-hybridized carbons (Fsp3) is 0.138. The molecular weight excluding hydrogens is 841 g/mol. The van der Waals surface area contributed by atoms with Crippen molar-refractivity contribution in [2.24, 2.45) is 11.8 Å². The molecule has 2 atom stereocenters. The molecule has 10 aromatic rings. The van der Waals surface area contributed by atoms with Crippen LogP contribution >= 0.6 is 11.3 Å². The highest BCUT2D eigenvalue weighted by Crippen LogP contribution is 2.55. The molecule has 0 saturated heterocycles. The number of aromatic nitrogens is 1. The van der Waals surface area contributed by atoms with Crippen LogP contribution in [0, 0.1) is 11.8 Å². The molecule has 0 aliphatic heterocycles. The number of anilines is 3. The van der Waals surface area contributed by atoms with Gasteiger partial charge in [0.25, 0.3) is 0 Å². The zero-order valence-electron chi connectivity index (χ0n) is 38.4. The van der Waals surface area contributed by atoms with Crippen LogP contribution in [0.3, 0.4) is 0 Å². The van der Waals surface area contributed by atoms with Gasteiger partial charge in [-0.1, -0.05) is 196 Å². The number of nitrogens with zero attached hydrogens (tertiary/aromatic N) is 2. The van der Waals surface area contributed by atoms with Crippen molar-refractivity contribution in [3.63, 3.8) is 0 Å². The topological polar surface area (TPSA) is 8.17 Å². The number of benzene rings is 8. The summed E-state index contributed by atoms with van der Waals surface area (Å²) in [5.41, 5.74) is 15.9. The minimum atomic E-state index is -0.316. The first-order valence-electron chi connectivity index (χ1n) is 24.5. The predicted molar refractivity (Wildman–Crippen MR) is 291 cm³/mol. The zero-order chi connectivity index (χ0) is 45.2. The van der Waals surface area contributed by atoms with Gasteiger partial charge in [0.1, 0.15) is 0 Å². The van der Waals surface area contributed by atoms with Crippen LogP contribution in [0.2, 0.25) is 0 Å². The molecule has 2 heterocycles. The number of fused-ring (bicyclic) bond motifs is 7. The van der Waals surface area contributed by atoms with Crippen LogP contribution in [0.25, 0.3) is 69.9 Å². The van der Waals surface area contributed by atoms with Crippen molar-refractivity contribution in [2.45, 2.75) is 44.4 Å². The molecule has 8 aromatic carbocycles. The monoisotopic (exact) mass is 892 g/mol. The minimum Gasteiger partial charge on any atom is -0.310 e. The number of allylic oxidation sites excluding steroid dienone is 8. The van der Waals surface area contributed by atoms with Crippen LogP contribution in [0.1, 0.15) is 44.6 Å². The van der Waals surface area contributed by atoms with E-state index in [-0.39, 0.29) is 11.3 Å². The third-order valence-electron chi connectivity index (χ3n) is 15.3. The molecular formula is C65H52N2S. The van der Waals surface area contributed by atoms with E-state index in [1.807, 2.05) is 11.3 Å². The molecule has 2 nitrogen and oxygen atoms in total. The number of hydrogen-bond acceptors (Lipinski definition) is 2. The van der Waals surface area contributed by atoms with E-state index in [9.17, 15) is 0 Å². The van der Waals surface area contributed by atoms with Crippen molar-refractivity contribution in [3.05, 3.63) is 241 Å². The Hall–Kier alpha value is -7.46. The van der Waals surface area contributed by atoms with Crippen LogP contribution in [-0.2, 0) is 5.41 Å². The maximum atomic E-state index is 2.59. The van der Waals surface area contributed by atoms with E-state index in [0.717, 1.165) is 17.1 Å². The molecule has 0 radical (unpaired) electrons. The summed E-state index contributed by atoms with van der Waals surface area (Å²) in [7, 11) is 0. The molecule has 0 spiro atoms. The number of rotatable bonds is 8. The highest BCUT2D eigenvalue weighted by molar-refractivity contribution is 7.25. The third kappa shape index (κ3) is 6.59. The van der Waals surface area contributed by atoms with E-state index < -0.39 is 0 Å². The average molecular weight is 893 g/mol. The molecule has 13 rings (SSSR count). The molecule has 2 aromatic heterocycles. The molecule has 0 amide bonds. The Bertz CT molecular complexity index is 3700.